The average Bonchev–Trinajstić information content (AvgIpc) is 3.05. The van der Waals surface area contributed by atoms with Gasteiger partial charge in [-0.3, -0.25) is 4.79 Å². The van der Waals surface area contributed by atoms with E-state index in [-0.39, 0.29) is 22.6 Å². The number of ether oxygens (including phenoxy) is 2. The lowest BCUT2D eigenvalue weighted by molar-refractivity contribution is 0.0940. The fourth-order valence-corrected chi connectivity index (χ4v) is 4.87. The van der Waals surface area contributed by atoms with Gasteiger partial charge in [-0.15, -0.1) is 0 Å². The summed E-state index contributed by atoms with van der Waals surface area (Å²) in [6, 6.07) is 20.4. The van der Waals surface area contributed by atoms with Gasteiger partial charge in [-0.05, 0) is 54.4 Å². The van der Waals surface area contributed by atoms with E-state index < -0.39 is 9.84 Å². The van der Waals surface area contributed by atoms with E-state index in [4.69, 9.17) is 9.47 Å². The molecule has 1 aliphatic rings. The smallest absolute Gasteiger partial charge is 0.251 e. The Hall–Kier alpha value is -3.32. The molecule has 0 radical (unpaired) electrons. The second kappa shape index (κ2) is 9.44. The lowest BCUT2D eigenvalue weighted by Gasteiger charge is -2.16. The molecule has 1 amide bonds. The summed E-state index contributed by atoms with van der Waals surface area (Å²) in [6.45, 7) is 3.13. The molecule has 32 heavy (non-hydrogen) atoms. The summed E-state index contributed by atoms with van der Waals surface area (Å²) in [5.74, 6) is 1.05. The first-order chi connectivity index (χ1) is 15.4. The van der Waals surface area contributed by atoms with Crippen LogP contribution in [-0.2, 0) is 15.6 Å². The molecule has 1 atom stereocenters. The van der Waals surface area contributed by atoms with Crippen LogP contribution in [-0.4, -0.2) is 27.5 Å². The highest BCUT2D eigenvalue weighted by molar-refractivity contribution is 7.90. The number of rotatable bonds is 6. The number of carbonyl (C=O) groups excluding carboxylic acids is 1. The fourth-order valence-electron chi connectivity index (χ4n) is 3.50. The second-order valence-electron chi connectivity index (χ2n) is 7.72. The van der Waals surface area contributed by atoms with Gasteiger partial charge < -0.3 is 14.8 Å². The number of sulfone groups is 1. The van der Waals surface area contributed by atoms with E-state index >= 15 is 0 Å². The third kappa shape index (κ3) is 5.11. The molecule has 1 aliphatic heterocycles. The zero-order valence-electron chi connectivity index (χ0n) is 17.8. The zero-order valence-corrected chi connectivity index (χ0v) is 18.6. The van der Waals surface area contributed by atoms with Crippen molar-refractivity contribution in [1.82, 2.24) is 5.32 Å². The van der Waals surface area contributed by atoms with Crippen molar-refractivity contribution >= 4 is 15.7 Å². The van der Waals surface area contributed by atoms with Crippen LogP contribution in [0.5, 0.6) is 11.5 Å². The Morgan fingerprint density at radius 1 is 0.938 bits per heavy atom. The van der Waals surface area contributed by atoms with Crippen molar-refractivity contribution in [2.45, 2.75) is 30.0 Å². The van der Waals surface area contributed by atoms with Crippen molar-refractivity contribution in [3.8, 4) is 11.5 Å². The van der Waals surface area contributed by atoms with Gasteiger partial charge in [-0.25, -0.2) is 8.42 Å². The number of amides is 1. The Kier molecular flexibility index (Phi) is 6.46. The lowest BCUT2D eigenvalue weighted by Crippen LogP contribution is -2.26. The first-order valence-corrected chi connectivity index (χ1v) is 12.1. The molecule has 0 saturated carbocycles. The predicted octanol–water partition coefficient (Wildman–Crippen LogP) is 4.31. The Balaban J connectivity index is 1.41. The minimum Gasteiger partial charge on any atom is -0.490 e. The molecule has 4 rings (SSSR count). The van der Waals surface area contributed by atoms with E-state index in [0.29, 0.717) is 35.8 Å². The van der Waals surface area contributed by atoms with Gasteiger partial charge in [0.25, 0.3) is 5.91 Å². The molecule has 0 saturated heterocycles. The molecule has 0 aliphatic carbocycles. The van der Waals surface area contributed by atoms with Crippen LogP contribution in [0.25, 0.3) is 0 Å². The summed E-state index contributed by atoms with van der Waals surface area (Å²) in [7, 11) is -3.43. The third-order valence-corrected chi connectivity index (χ3v) is 7.00. The van der Waals surface area contributed by atoms with E-state index in [1.165, 1.54) is 0 Å². The fraction of sp³-hybridized carbons (Fsp3) is 0.240. The molecule has 0 aromatic heterocycles. The Morgan fingerprint density at radius 2 is 1.62 bits per heavy atom. The first-order valence-electron chi connectivity index (χ1n) is 10.5. The number of hydrogen-bond donors (Lipinski definition) is 1. The number of benzene rings is 3. The number of carbonyl (C=O) groups is 1. The summed E-state index contributed by atoms with van der Waals surface area (Å²) in [4.78, 5) is 13.0. The van der Waals surface area contributed by atoms with Crippen LogP contribution in [0.3, 0.4) is 0 Å². The second-order valence-corrected chi connectivity index (χ2v) is 9.71. The average molecular weight is 452 g/mol. The van der Waals surface area contributed by atoms with E-state index in [9.17, 15) is 13.2 Å². The Morgan fingerprint density at radius 3 is 2.34 bits per heavy atom. The minimum absolute atomic E-state index is 0.119. The first kappa shape index (κ1) is 21.9. The lowest BCUT2D eigenvalue weighted by atomic mass is 10.1. The van der Waals surface area contributed by atoms with Crippen molar-refractivity contribution < 1.29 is 22.7 Å². The minimum atomic E-state index is -3.43. The molecule has 1 N–H and O–H groups in total. The van der Waals surface area contributed by atoms with Crippen LogP contribution >= 0.6 is 0 Å². The van der Waals surface area contributed by atoms with Crippen molar-refractivity contribution in [3.05, 3.63) is 89.5 Å². The standard InChI is InChI=1S/C25H25NO5S/c1-18(21-12-13-23-24(16-21)31-15-5-14-30-23)26-25(27)20-10-8-19(9-11-20)17-32(28,29)22-6-3-2-4-7-22/h2-4,6-13,16,18H,5,14-15,17H2,1H3,(H,26,27). The third-order valence-electron chi connectivity index (χ3n) is 5.29. The number of fused-ring (bicyclic) bond motifs is 1. The number of nitrogens with one attached hydrogen (secondary N) is 1. The molecule has 1 unspecified atom stereocenters. The predicted molar refractivity (Wildman–Crippen MR) is 122 cm³/mol. The molecular weight excluding hydrogens is 426 g/mol. The highest BCUT2D eigenvalue weighted by atomic mass is 32.2. The van der Waals surface area contributed by atoms with Gasteiger partial charge >= 0.3 is 0 Å². The van der Waals surface area contributed by atoms with Gasteiger partial charge in [0.05, 0.1) is 29.9 Å². The Labute approximate surface area is 188 Å². The maximum atomic E-state index is 12.7. The molecule has 0 fully saturated rings. The topological polar surface area (TPSA) is 81.7 Å². The summed E-state index contributed by atoms with van der Waals surface area (Å²) in [5.41, 5.74) is 2.00. The molecule has 0 spiro atoms. The van der Waals surface area contributed by atoms with Crippen LogP contribution < -0.4 is 14.8 Å². The normalized spacial score (nSPS) is 14.3. The largest absolute Gasteiger partial charge is 0.490 e. The quantitative estimate of drug-likeness (QED) is 0.604. The van der Waals surface area contributed by atoms with Crippen LogP contribution in [0.2, 0.25) is 0 Å². The van der Waals surface area contributed by atoms with Crippen LogP contribution in [0.1, 0.15) is 40.9 Å². The Bertz CT molecular complexity index is 1190. The SMILES string of the molecule is CC(NC(=O)c1ccc(CS(=O)(=O)c2ccccc2)cc1)c1ccc2c(c1)OCCCO2. The van der Waals surface area contributed by atoms with Crippen LogP contribution in [0.15, 0.2) is 77.7 Å². The highest BCUT2D eigenvalue weighted by Crippen LogP contribution is 2.32. The molecule has 6 nitrogen and oxygen atoms in total. The van der Waals surface area contributed by atoms with Crippen molar-refractivity contribution in [2.75, 3.05) is 13.2 Å². The van der Waals surface area contributed by atoms with Gasteiger partial charge in [0.1, 0.15) is 0 Å². The molecule has 3 aromatic rings. The van der Waals surface area contributed by atoms with E-state index in [0.717, 1.165) is 12.0 Å². The summed E-state index contributed by atoms with van der Waals surface area (Å²) in [6.07, 6.45) is 0.832. The summed E-state index contributed by atoms with van der Waals surface area (Å²) >= 11 is 0. The van der Waals surface area contributed by atoms with Gasteiger partial charge in [0, 0.05) is 12.0 Å². The maximum absolute atomic E-state index is 12.7. The van der Waals surface area contributed by atoms with E-state index in [1.54, 1.807) is 54.6 Å². The summed E-state index contributed by atoms with van der Waals surface area (Å²) < 4.78 is 36.5. The van der Waals surface area contributed by atoms with E-state index in [2.05, 4.69) is 5.32 Å². The van der Waals surface area contributed by atoms with Gasteiger partial charge in [0.15, 0.2) is 21.3 Å². The van der Waals surface area contributed by atoms with E-state index in [1.807, 2.05) is 25.1 Å². The monoisotopic (exact) mass is 451 g/mol. The van der Waals surface area contributed by atoms with Crippen molar-refractivity contribution in [1.29, 1.82) is 0 Å². The van der Waals surface area contributed by atoms with Crippen molar-refractivity contribution in [3.63, 3.8) is 0 Å². The molecule has 7 heteroatoms. The maximum Gasteiger partial charge on any atom is 0.251 e. The van der Waals surface area contributed by atoms with Crippen LogP contribution in [0, 0.1) is 0 Å². The summed E-state index contributed by atoms with van der Waals surface area (Å²) in [5, 5.41) is 2.97. The van der Waals surface area contributed by atoms with Gasteiger partial charge in [-0.2, -0.15) is 0 Å². The molecule has 3 aromatic carbocycles. The van der Waals surface area contributed by atoms with Crippen LogP contribution in [0.4, 0.5) is 0 Å². The highest BCUT2D eigenvalue weighted by Gasteiger charge is 2.17. The molecule has 0 bridgehead atoms. The molecule has 1 heterocycles. The van der Waals surface area contributed by atoms with Crippen molar-refractivity contribution in [2.24, 2.45) is 0 Å². The number of hydrogen-bond acceptors (Lipinski definition) is 5. The van der Waals surface area contributed by atoms with Gasteiger partial charge in [0.2, 0.25) is 0 Å². The molecule has 166 valence electrons. The zero-order chi connectivity index (χ0) is 22.6. The van der Waals surface area contributed by atoms with Gasteiger partial charge in [-0.1, -0.05) is 36.4 Å². The molecular formula is C25H25NO5S.